The molecule has 0 aliphatic rings. The van der Waals surface area contributed by atoms with Crippen molar-refractivity contribution in [3.8, 4) is 22.3 Å². The molecular formula is C38H28N2O4. The van der Waals surface area contributed by atoms with Crippen molar-refractivity contribution >= 4 is 35.7 Å². The molecule has 6 nitrogen and oxygen atoms in total. The Morgan fingerprint density at radius 1 is 0.432 bits per heavy atom. The quantitative estimate of drug-likeness (QED) is 0.0940. The summed E-state index contributed by atoms with van der Waals surface area (Å²) in [4.78, 5) is 22.4. The van der Waals surface area contributed by atoms with Crippen LogP contribution in [-0.4, -0.2) is 9.85 Å². The van der Waals surface area contributed by atoms with Gasteiger partial charge in [0.25, 0.3) is 11.4 Å². The summed E-state index contributed by atoms with van der Waals surface area (Å²) in [6.07, 6.45) is 15.6. The Bertz CT molecular complexity index is 1770. The maximum atomic E-state index is 11.6. The van der Waals surface area contributed by atoms with Gasteiger partial charge in [-0.15, -0.1) is 0 Å². The molecule has 5 rings (SSSR count). The highest BCUT2D eigenvalue weighted by Crippen LogP contribution is 2.36. The second-order valence-electron chi connectivity index (χ2n) is 9.90. The average molecular weight is 577 g/mol. The summed E-state index contributed by atoms with van der Waals surface area (Å²) < 4.78 is 0. The molecule has 5 aromatic rings. The predicted octanol–water partition coefficient (Wildman–Crippen LogP) is 10.3. The maximum absolute atomic E-state index is 11.6. The normalized spacial score (nSPS) is 11.6. The molecule has 0 saturated carbocycles. The first-order chi connectivity index (χ1) is 21.5. The van der Waals surface area contributed by atoms with Crippen LogP contribution in [0.5, 0.6) is 0 Å². The van der Waals surface area contributed by atoms with Gasteiger partial charge in [-0.1, -0.05) is 134 Å². The van der Waals surface area contributed by atoms with Gasteiger partial charge in [-0.2, -0.15) is 0 Å². The lowest BCUT2D eigenvalue weighted by Crippen LogP contribution is -1.94. The molecule has 0 aliphatic heterocycles. The van der Waals surface area contributed by atoms with Crippen LogP contribution in [-0.2, 0) is 0 Å². The highest BCUT2D eigenvalue weighted by atomic mass is 16.6. The molecule has 0 heterocycles. The van der Waals surface area contributed by atoms with E-state index < -0.39 is 9.85 Å². The molecule has 0 N–H and O–H groups in total. The molecule has 0 amide bonds. The van der Waals surface area contributed by atoms with Crippen molar-refractivity contribution in [1.29, 1.82) is 0 Å². The molecule has 5 aromatic carbocycles. The van der Waals surface area contributed by atoms with Crippen molar-refractivity contribution in [3.05, 3.63) is 188 Å². The SMILES string of the molecule is O=[N+]([O-])c1cccc(-c2cc(/C=C/C=C/c3ccccc3)c(-c3cccc([N+](=O)[O-])c3)cc2/C=C/C=C/c2ccccc2)c1. The van der Waals surface area contributed by atoms with Crippen LogP contribution >= 0.6 is 0 Å². The summed E-state index contributed by atoms with van der Waals surface area (Å²) in [5.74, 6) is 0. The minimum Gasteiger partial charge on any atom is -0.258 e. The second kappa shape index (κ2) is 14.2. The lowest BCUT2D eigenvalue weighted by molar-refractivity contribution is -0.385. The van der Waals surface area contributed by atoms with Crippen LogP contribution < -0.4 is 0 Å². The zero-order valence-corrected chi connectivity index (χ0v) is 23.7. The van der Waals surface area contributed by atoms with Gasteiger partial charge in [-0.05, 0) is 56.6 Å². The molecule has 214 valence electrons. The molecule has 0 aliphatic carbocycles. The van der Waals surface area contributed by atoms with Crippen LogP contribution in [0.25, 0.3) is 46.6 Å². The summed E-state index contributed by atoms with van der Waals surface area (Å²) in [5, 5.41) is 23.2. The van der Waals surface area contributed by atoms with E-state index in [0.29, 0.717) is 11.1 Å². The Morgan fingerprint density at radius 2 is 0.818 bits per heavy atom. The topological polar surface area (TPSA) is 86.3 Å². The third-order valence-electron chi connectivity index (χ3n) is 6.91. The molecule has 0 atom stereocenters. The summed E-state index contributed by atoms with van der Waals surface area (Å²) in [6.45, 7) is 0. The van der Waals surface area contributed by atoms with E-state index in [1.807, 2.05) is 134 Å². The van der Waals surface area contributed by atoms with E-state index in [2.05, 4.69) is 0 Å². The Balaban J connectivity index is 1.65. The molecule has 44 heavy (non-hydrogen) atoms. The first-order valence-electron chi connectivity index (χ1n) is 14.0. The van der Waals surface area contributed by atoms with Gasteiger partial charge in [0.1, 0.15) is 0 Å². The van der Waals surface area contributed by atoms with E-state index in [-0.39, 0.29) is 11.4 Å². The number of non-ortho nitro benzene ring substituents is 2. The van der Waals surface area contributed by atoms with Crippen molar-refractivity contribution in [2.75, 3.05) is 0 Å². The van der Waals surface area contributed by atoms with Crippen molar-refractivity contribution < 1.29 is 9.85 Å². The minimum absolute atomic E-state index is 0.00736. The molecule has 0 fully saturated rings. The van der Waals surface area contributed by atoms with Crippen LogP contribution in [0.1, 0.15) is 22.3 Å². The number of nitro groups is 2. The first-order valence-corrected chi connectivity index (χ1v) is 14.0. The van der Waals surface area contributed by atoms with E-state index in [9.17, 15) is 20.2 Å². The van der Waals surface area contributed by atoms with Gasteiger partial charge in [-0.25, -0.2) is 0 Å². The van der Waals surface area contributed by atoms with E-state index in [1.54, 1.807) is 24.3 Å². The summed E-state index contributed by atoms with van der Waals surface area (Å²) in [7, 11) is 0. The number of allylic oxidation sites excluding steroid dienone is 4. The number of nitrogens with zero attached hydrogens (tertiary/aromatic N) is 2. The number of nitro benzene ring substituents is 2. The van der Waals surface area contributed by atoms with Crippen molar-refractivity contribution in [1.82, 2.24) is 0 Å². The smallest absolute Gasteiger partial charge is 0.258 e. The van der Waals surface area contributed by atoms with Crippen molar-refractivity contribution in [2.45, 2.75) is 0 Å². The van der Waals surface area contributed by atoms with E-state index >= 15 is 0 Å². The zero-order chi connectivity index (χ0) is 30.7. The molecule has 0 aromatic heterocycles. The largest absolute Gasteiger partial charge is 0.270 e. The third-order valence-corrected chi connectivity index (χ3v) is 6.91. The minimum atomic E-state index is -0.408. The van der Waals surface area contributed by atoms with Gasteiger partial charge in [0, 0.05) is 24.3 Å². The van der Waals surface area contributed by atoms with E-state index in [0.717, 1.165) is 33.4 Å². The molecule has 0 spiro atoms. The van der Waals surface area contributed by atoms with Crippen LogP contribution in [0.3, 0.4) is 0 Å². The van der Waals surface area contributed by atoms with E-state index in [1.165, 1.54) is 12.1 Å². The second-order valence-corrected chi connectivity index (χ2v) is 9.90. The van der Waals surface area contributed by atoms with Crippen molar-refractivity contribution in [2.24, 2.45) is 0 Å². The van der Waals surface area contributed by atoms with Crippen LogP contribution in [0.15, 0.2) is 146 Å². The molecule has 0 saturated heterocycles. The number of benzene rings is 5. The van der Waals surface area contributed by atoms with Crippen LogP contribution in [0.4, 0.5) is 11.4 Å². The average Bonchev–Trinajstić information content (AvgIpc) is 3.06. The Hall–Kier alpha value is -6.14. The third kappa shape index (κ3) is 7.57. The Kier molecular flexibility index (Phi) is 9.45. The maximum Gasteiger partial charge on any atom is 0.270 e. The fourth-order valence-electron chi connectivity index (χ4n) is 4.76. The standard InChI is InChI=1S/C38H28N2O4/c41-39(42)35-23-11-21-31(25-35)37-28-34(20-10-8-18-30-15-5-2-6-16-30)38(32-22-12-24-36(26-32)40(43)44)27-33(37)19-9-7-17-29-13-3-1-4-14-29/h1-28H/b17-7+,18-8+,19-9+,20-10+. The van der Waals surface area contributed by atoms with Crippen LogP contribution in [0, 0.1) is 20.2 Å². The van der Waals surface area contributed by atoms with Gasteiger partial charge < -0.3 is 0 Å². The van der Waals surface area contributed by atoms with Gasteiger partial charge >= 0.3 is 0 Å². The fourth-order valence-corrected chi connectivity index (χ4v) is 4.76. The van der Waals surface area contributed by atoms with Gasteiger partial charge in [-0.3, -0.25) is 20.2 Å². The zero-order valence-electron chi connectivity index (χ0n) is 23.7. The number of rotatable bonds is 10. The Morgan fingerprint density at radius 3 is 1.20 bits per heavy atom. The summed E-state index contributed by atoms with van der Waals surface area (Å²) in [6, 6.07) is 36.8. The molecular weight excluding hydrogens is 548 g/mol. The summed E-state index contributed by atoms with van der Waals surface area (Å²) >= 11 is 0. The molecule has 0 bridgehead atoms. The van der Waals surface area contributed by atoms with Crippen molar-refractivity contribution in [3.63, 3.8) is 0 Å². The molecule has 6 heteroatoms. The summed E-state index contributed by atoms with van der Waals surface area (Å²) in [5.41, 5.74) is 6.66. The highest BCUT2D eigenvalue weighted by molar-refractivity contribution is 5.87. The fraction of sp³-hybridized carbons (Fsp3) is 0. The van der Waals surface area contributed by atoms with E-state index in [4.69, 9.17) is 0 Å². The monoisotopic (exact) mass is 576 g/mol. The van der Waals surface area contributed by atoms with Gasteiger partial charge in [0.2, 0.25) is 0 Å². The van der Waals surface area contributed by atoms with Crippen LogP contribution in [0.2, 0.25) is 0 Å². The Labute approximate surface area is 255 Å². The predicted molar refractivity (Wildman–Crippen MR) is 180 cm³/mol. The molecule has 0 radical (unpaired) electrons. The lowest BCUT2D eigenvalue weighted by atomic mass is 9.90. The van der Waals surface area contributed by atoms with Gasteiger partial charge in [0.15, 0.2) is 0 Å². The lowest BCUT2D eigenvalue weighted by Gasteiger charge is -2.14. The van der Waals surface area contributed by atoms with Gasteiger partial charge in [0.05, 0.1) is 9.85 Å². The molecule has 0 unspecified atom stereocenters. The number of hydrogen-bond acceptors (Lipinski definition) is 4. The first kappa shape index (κ1) is 29.4. The number of hydrogen-bond donors (Lipinski definition) is 0. The highest BCUT2D eigenvalue weighted by Gasteiger charge is 2.15.